The van der Waals surface area contributed by atoms with Crippen LogP contribution in [-0.4, -0.2) is 64.5 Å². The summed E-state index contributed by atoms with van der Waals surface area (Å²) in [6.45, 7) is 9.13. The third kappa shape index (κ3) is 12.6. The number of fused-ring (bicyclic) bond motifs is 1. The molecule has 4 aromatic rings. The van der Waals surface area contributed by atoms with E-state index >= 15 is 0 Å². The molecule has 12 nitrogen and oxygen atoms in total. The summed E-state index contributed by atoms with van der Waals surface area (Å²) in [5.41, 5.74) is 1.60. The highest BCUT2D eigenvalue weighted by atomic mass is 35.5. The van der Waals surface area contributed by atoms with Crippen LogP contribution >= 0.6 is 46.4 Å². The monoisotopic (exact) mass is 889 g/mol. The summed E-state index contributed by atoms with van der Waals surface area (Å²) in [6, 6.07) is 18.6. The van der Waals surface area contributed by atoms with E-state index in [1.54, 1.807) is 9.80 Å². The van der Waals surface area contributed by atoms with Crippen LogP contribution in [0, 0.1) is 17.0 Å². The van der Waals surface area contributed by atoms with Gasteiger partial charge in [-0.3, -0.25) is 24.6 Å². The number of carbonyl (C=O) groups excluding carboxylic acids is 2. The van der Waals surface area contributed by atoms with Crippen LogP contribution in [-0.2, 0) is 26.9 Å². The Morgan fingerprint density at radius 1 is 1.05 bits per heavy atom. The molecule has 0 saturated carbocycles. The summed E-state index contributed by atoms with van der Waals surface area (Å²) in [5, 5.41) is 19.4. The number of anilines is 2. The summed E-state index contributed by atoms with van der Waals surface area (Å²) in [6.07, 6.45) is -3.71. The molecule has 1 heterocycles. The Morgan fingerprint density at radius 3 is 2.31 bits per heavy atom. The van der Waals surface area contributed by atoms with Crippen LogP contribution in [0.1, 0.15) is 47.8 Å². The molecule has 1 N–H and O–H groups in total. The lowest BCUT2D eigenvalue weighted by Crippen LogP contribution is -2.47. The van der Waals surface area contributed by atoms with Gasteiger partial charge in [0.25, 0.3) is 11.6 Å². The van der Waals surface area contributed by atoms with Gasteiger partial charge in [-0.2, -0.15) is 13.2 Å². The molecule has 0 saturated heterocycles. The molecule has 0 fully saturated rings. The third-order valence-corrected chi connectivity index (χ3v) is 9.06. The first-order chi connectivity index (χ1) is 27.4. The van der Waals surface area contributed by atoms with Gasteiger partial charge in [0.1, 0.15) is 42.0 Å². The number of amides is 2. The van der Waals surface area contributed by atoms with E-state index in [1.807, 2.05) is 63.2 Å². The number of nitrogens with zero attached hydrogens (tertiary/aromatic N) is 3. The molecule has 1 atom stereocenters. The summed E-state index contributed by atoms with van der Waals surface area (Å²) in [7, 11) is 0. The average Bonchev–Trinajstić information content (AvgIpc) is 3.18. The number of nitro groups is 1. The first-order valence-corrected chi connectivity index (χ1v) is 19.1. The largest absolute Gasteiger partial charge is 0.489 e. The van der Waals surface area contributed by atoms with Crippen molar-refractivity contribution in [1.29, 1.82) is 0 Å². The number of benzene rings is 4. The Balaban J connectivity index is 0.000000239. The lowest BCUT2D eigenvalue weighted by molar-refractivity contribution is -0.385. The minimum Gasteiger partial charge on any atom is -0.489 e. The molecule has 1 aliphatic heterocycles. The van der Waals surface area contributed by atoms with Gasteiger partial charge in [0, 0.05) is 18.7 Å². The molecule has 0 bridgehead atoms. The van der Waals surface area contributed by atoms with E-state index in [0.717, 1.165) is 59.3 Å². The van der Waals surface area contributed by atoms with Crippen LogP contribution in [0.15, 0.2) is 78.9 Å². The zero-order valence-electron chi connectivity index (χ0n) is 31.4. The van der Waals surface area contributed by atoms with Crippen LogP contribution in [0.4, 0.5) is 30.2 Å². The number of aryl methyl sites for hydroxylation is 2. The van der Waals surface area contributed by atoms with Gasteiger partial charge in [-0.05, 0) is 74.7 Å². The number of hydrogen-bond acceptors (Lipinski definition) is 8. The Morgan fingerprint density at radius 2 is 1.74 bits per heavy atom. The normalized spacial score (nSPS) is 13.2. The molecule has 1 unspecified atom stereocenters. The van der Waals surface area contributed by atoms with Gasteiger partial charge >= 0.3 is 12.1 Å². The minimum atomic E-state index is -4.58. The number of nitro benzene ring substituents is 1. The number of hydrogen-bond donors (Lipinski definition) is 1. The lowest BCUT2D eigenvalue weighted by atomic mass is 10.0. The van der Waals surface area contributed by atoms with E-state index in [1.165, 1.54) is 0 Å². The highest BCUT2D eigenvalue weighted by molar-refractivity contribution is 6.54. The SMILES string of the molecule is CC1COc2ccccc2N1C(=O)C(Cl)Cl.CCOCN(C(=O)CCl)c1c(C)cccc1CC.O=C(O)c1cc(Oc2ccc(C(F)(F)F)cc2Cl)ccc1[N+](=O)[O-]. The molecule has 0 spiro atoms. The van der Waals surface area contributed by atoms with Crippen molar-refractivity contribution in [2.75, 3.05) is 35.6 Å². The van der Waals surface area contributed by atoms with Crippen LogP contribution in [0.3, 0.4) is 0 Å². The summed E-state index contributed by atoms with van der Waals surface area (Å²) < 4.78 is 53.8. The molecular formula is C39H38Cl4F3N3O9. The minimum absolute atomic E-state index is 0.0371. The van der Waals surface area contributed by atoms with Crippen molar-refractivity contribution < 1.29 is 51.8 Å². The number of aromatic carboxylic acids is 1. The fourth-order valence-electron chi connectivity index (χ4n) is 5.44. The standard InChI is InChI=1S/C14H7ClF3NO5.C14H20ClNO2.C11H11Cl2NO2/c15-10-5-7(14(16,17)18)1-4-12(10)24-8-2-3-11(19(22)23)9(6-8)13(20)21;1-4-12-8-6-7-11(3)14(12)16(10-18-5-2)13(17)9-15;1-7-6-16-9-5-3-2-4-8(9)14(7)11(15)10(12)13/h1-6H,(H,20,21);6-8H,4-5,9-10H2,1-3H3;2-5,7,10H,6H2,1H3. The summed E-state index contributed by atoms with van der Waals surface area (Å²) in [4.78, 5) is 46.9. The molecule has 58 heavy (non-hydrogen) atoms. The van der Waals surface area contributed by atoms with Crippen LogP contribution < -0.4 is 19.3 Å². The molecule has 2 amide bonds. The van der Waals surface area contributed by atoms with Gasteiger partial charge in [0.2, 0.25) is 5.91 Å². The predicted octanol–water partition coefficient (Wildman–Crippen LogP) is 10.5. The summed E-state index contributed by atoms with van der Waals surface area (Å²) in [5.74, 6) is -1.63. The van der Waals surface area contributed by atoms with Gasteiger partial charge in [-0.25, -0.2) is 4.79 Å². The maximum atomic E-state index is 12.6. The second kappa shape index (κ2) is 21.8. The predicted molar refractivity (Wildman–Crippen MR) is 216 cm³/mol. The first-order valence-electron chi connectivity index (χ1n) is 17.3. The van der Waals surface area contributed by atoms with Crippen molar-refractivity contribution >= 4 is 81.2 Å². The maximum absolute atomic E-state index is 12.6. The fraction of sp³-hybridized carbons (Fsp3) is 0.308. The van der Waals surface area contributed by atoms with E-state index in [-0.39, 0.29) is 47.0 Å². The second-order valence-electron chi connectivity index (χ2n) is 12.1. The number of carboxylic acid groups (broad SMARTS) is 1. The fourth-order valence-corrected chi connectivity index (χ4v) is 6.02. The number of alkyl halides is 6. The lowest BCUT2D eigenvalue weighted by Gasteiger charge is -2.35. The quantitative estimate of drug-likeness (QED) is 0.0672. The molecule has 5 rings (SSSR count). The highest BCUT2D eigenvalue weighted by Gasteiger charge is 2.33. The molecular weight excluding hydrogens is 853 g/mol. The number of rotatable bonds is 11. The maximum Gasteiger partial charge on any atom is 0.416 e. The number of halogens is 7. The highest BCUT2D eigenvalue weighted by Crippen LogP contribution is 2.38. The van der Waals surface area contributed by atoms with Gasteiger partial charge in [0.05, 0.1) is 32.9 Å². The van der Waals surface area contributed by atoms with Crippen LogP contribution in [0.2, 0.25) is 5.02 Å². The Kier molecular flexibility index (Phi) is 17.9. The van der Waals surface area contributed by atoms with Crippen molar-refractivity contribution in [1.82, 2.24) is 0 Å². The molecule has 0 aromatic heterocycles. The smallest absolute Gasteiger partial charge is 0.416 e. The zero-order chi connectivity index (χ0) is 43.3. The molecule has 4 aromatic carbocycles. The molecule has 19 heteroatoms. The van der Waals surface area contributed by atoms with E-state index in [9.17, 15) is 37.7 Å². The van der Waals surface area contributed by atoms with Gasteiger partial charge in [0.15, 0.2) is 4.84 Å². The van der Waals surface area contributed by atoms with Crippen LogP contribution in [0.25, 0.3) is 0 Å². The second-order valence-corrected chi connectivity index (χ2v) is 13.9. The average molecular weight is 892 g/mol. The Bertz CT molecular complexity index is 2090. The van der Waals surface area contributed by atoms with Crippen molar-refractivity contribution in [2.45, 2.75) is 51.2 Å². The van der Waals surface area contributed by atoms with E-state index < -0.39 is 38.7 Å². The molecule has 0 radical (unpaired) electrons. The third-order valence-electron chi connectivity index (χ3n) is 8.16. The number of ether oxygens (including phenoxy) is 3. The van der Waals surface area contributed by atoms with Crippen molar-refractivity contribution in [2.24, 2.45) is 0 Å². The number of carboxylic acids is 1. The van der Waals surface area contributed by atoms with Crippen molar-refractivity contribution in [3.05, 3.63) is 116 Å². The molecule has 1 aliphatic rings. The van der Waals surface area contributed by atoms with E-state index in [4.69, 9.17) is 65.7 Å². The number of carbonyl (C=O) groups is 3. The Hall–Kier alpha value is -4.80. The van der Waals surface area contributed by atoms with E-state index in [0.29, 0.717) is 25.0 Å². The van der Waals surface area contributed by atoms with Gasteiger partial charge in [-0.15, -0.1) is 11.6 Å². The van der Waals surface area contributed by atoms with E-state index in [2.05, 4.69) is 6.92 Å². The van der Waals surface area contributed by atoms with Crippen LogP contribution in [0.5, 0.6) is 17.2 Å². The first kappa shape index (κ1) is 47.6. The molecule has 0 aliphatic carbocycles. The molecule has 312 valence electrons. The van der Waals surface area contributed by atoms with Gasteiger partial charge < -0.3 is 24.2 Å². The summed E-state index contributed by atoms with van der Waals surface area (Å²) >= 11 is 22.7. The number of para-hydroxylation sites is 3. The Labute approximate surface area is 352 Å². The van der Waals surface area contributed by atoms with Crippen molar-refractivity contribution in [3.8, 4) is 17.2 Å². The zero-order valence-corrected chi connectivity index (χ0v) is 34.4. The van der Waals surface area contributed by atoms with Gasteiger partial charge in [-0.1, -0.05) is 72.1 Å². The topological polar surface area (TPSA) is 149 Å². The van der Waals surface area contributed by atoms with Crippen molar-refractivity contribution in [3.63, 3.8) is 0 Å².